The summed E-state index contributed by atoms with van der Waals surface area (Å²) in [7, 11) is 1.96. The van der Waals surface area contributed by atoms with Crippen LogP contribution in [0.15, 0.2) is 18.3 Å². The molecule has 19 heavy (non-hydrogen) atoms. The van der Waals surface area contributed by atoms with Crippen LogP contribution < -0.4 is 5.32 Å². The van der Waals surface area contributed by atoms with Crippen LogP contribution in [0.1, 0.15) is 38.8 Å². The van der Waals surface area contributed by atoms with Crippen LogP contribution in [0.25, 0.3) is 0 Å². The predicted octanol–water partition coefficient (Wildman–Crippen LogP) is 3.38. The van der Waals surface area contributed by atoms with Gasteiger partial charge in [0.05, 0.1) is 5.69 Å². The van der Waals surface area contributed by atoms with Gasteiger partial charge in [-0.25, -0.2) is 0 Å². The van der Waals surface area contributed by atoms with Crippen molar-refractivity contribution in [2.45, 2.75) is 39.7 Å². The van der Waals surface area contributed by atoms with Crippen molar-refractivity contribution in [3.05, 3.63) is 24.0 Å². The SMILES string of the molecule is CNc1ccnc(CN2CCCC(C(C)C)CC2)c1. The normalized spacial score (nSPS) is 21.4. The average Bonchev–Trinajstić information content (AvgIpc) is 2.65. The maximum Gasteiger partial charge on any atom is 0.0564 e. The second-order valence-electron chi connectivity index (χ2n) is 6.00. The standard InChI is InChI=1S/C16H27N3/c1-13(2)14-5-4-9-19(10-7-14)12-16-11-15(17-3)6-8-18-16/h6,8,11,13-14H,4-5,7,9-10,12H2,1-3H3,(H,17,18). The Morgan fingerprint density at radius 2 is 2.21 bits per heavy atom. The highest BCUT2D eigenvalue weighted by Gasteiger charge is 2.19. The fraction of sp³-hybridized carbons (Fsp3) is 0.688. The fourth-order valence-corrected chi connectivity index (χ4v) is 2.96. The molecular formula is C16H27N3. The van der Waals surface area contributed by atoms with Crippen molar-refractivity contribution in [1.82, 2.24) is 9.88 Å². The van der Waals surface area contributed by atoms with Crippen molar-refractivity contribution in [3.63, 3.8) is 0 Å². The molecule has 0 spiro atoms. The van der Waals surface area contributed by atoms with Crippen LogP contribution in [0.3, 0.4) is 0 Å². The first-order chi connectivity index (χ1) is 9.19. The first-order valence-corrected chi connectivity index (χ1v) is 7.54. The van der Waals surface area contributed by atoms with Crippen LogP contribution in [-0.4, -0.2) is 30.0 Å². The summed E-state index contributed by atoms with van der Waals surface area (Å²) >= 11 is 0. The van der Waals surface area contributed by atoms with Crippen molar-refractivity contribution in [1.29, 1.82) is 0 Å². The molecule has 1 aliphatic heterocycles. The number of nitrogens with one attached hydrogen (secondary N) is 1. The minimum atomic E-state index is 0.825. The maximum atomic E-state index is 4.48. The molecule has 3 heteroatoms. The van der Waals surface area contributed by atoms with Crippen LogP contribution in [0.5, 0.6) is 0 Å². The van der Waals surface area contributed by atoms with E-state index in [1.165, 1.54) is 38.0 Å². The lowest BCUT2D eigenvalue weighted by molar-refractivity contribution is 0.262. The summed E-state index contributed by atoms with van der Waals surface area (Å²) < 4.78 is 0. The van der Waals surface area contributed by atoms with E-state index in [4.69, 9.17) is 0 Å². The van der Waals surface area contributed by atoms with E-state index in [1.54, 1.807) is 0 Å². The number of nitrogens with zero attached hydrogens (tertiary/aromatic N) is 2. The van der Waals surface area contributed by atoms with E-state index >= 15 is 0 Å². The molecule has 0 amide bonds. The second kappa shape index (κ2) is 6.90. The molecule has 0 aromatic carbocycles. The molecule has 1 saturated heterocycles. The van der Waals surface area contributed by atoms with E-state index in [0.717, 1.165) is 24.1 Å². The van der Waals surface area contributed by atoms with Crippen molar-refractivity contribution in [3.8, 4) is 0 Å². The van der Waals surface area contributed by atoms with Gasteiger partial charge in [-0.05, 0) is 56.3 Å². The van der Waals surface area contributed by atoms with Crippen LogP contribution in [0, 0.1) is 11.8 Å². The number of hydrogen-bond donors (Lipinski definition) is 1. The molecule has 2 rings (SSSR count). The number of pyridine rings is 1. The van der Waals surface area contributed by atoms with Gasteiger partial charge in [0.1, 0.15) is 0 Å². The Labute approximate surface area is 117 Å². The molecule has 1 aromatic heterocycles. The highest BCUT2D eigenvalue weighted by Crippen LogP contribution is 2.25. The number of rotatable bonds is 4. The summed E-state index contributed by atoms with van der Waals surface area (Å²) in [5.41, 5.74) is 2.33. The zero-order valence-electron chi connectivity index (χ0n) is 12.5. The third-order valence-corrected chi connectivity index (χ3v) is 4.30. The summed E-state index contributed by atoms with van der Waals surface area (Å²) in [4.78, 5) is 7.04. The van der Waals surface area contributed by atoms with E-state index in [9.17, 15) is 0 Å². The number of likely N-dealkylation sites (tertiary alicyclic amines) is 1. The van der Waals surface area contributed by atoms with Gasteiger partial charge in [0, 0.05) is 25.5 Å². The summed E-state index contributed by atoms with van der Waals surface area (Å²) in [6.45, 7) is 8.14. The Morgan fingerprint density at radius 3 is 2.95 bits per heavy atom. The topological polar surface area (TPSA) is 28.2 Å². The second-order valence-corrected chi connectivity index (χ2v) is 6.00. The zero-order chi connectivity index (χ0) is 13.7. The molecule has 0 saturated carbocycles. The van der Waals surface area contributed by atoms with Crippen LogP contribution in [0.2, 0.25) is 0 Å². The molecule has 0 aliphatic carbocycles. The highest BCUT2D eigenvalue weighted by molar-refractivity contribution is 5.42. The van der Waals surface area contributed by atoms with E-state index in [1.807, 2.05) is 19.3 Å². The van der Waals surface area contributed by atoms with E-state index in [-0.39, 0.29) is 0 Å². The van der Waals surface area contributed by atoms with Gasteiger partial charge in [-0.2, -0.15) is 0 Å². The summed E-state index contributed by atoms with van der Waals surface area (Å²) in [5.74, 6) is 1.73. The van der Waals surface area contributed by atoms with Crippen LogP contribution >= 0.6 is 0 Å². The molecule has 0 bridgehead atoms. The van der Waals surface area contributed by atoms with Gasteiger partial charge in [-0.3, -0.25) is 9.88 Å². The predicted molar refractivity (Wildman–Crippen MR) is 81.2 cm³/mol. The summed E-state index contributed by atoms with van der Waals surface area (Å²) in [6, 6.07) is 4.17. The minimum Gasteiger partial charge on any atom is -0.388 e. The van der Waals surface area contributed by atoms with Crippen molar-refractivity contribution in [2.75, 3.05) is 25.5 Å². The smallest absolute Gasteiger partial charge is 0.0564 e. The van der Waals surface area contributed by atoms with E-state index < -0.39 is 0 Å². The van der Waals surface area contributed by atoms with Gasteiger partial charge in [0.2, 0.25) is 0 Å². The molecule has 1 fully saturated rings. The van der Waals surface area contributed by atoms with Gasteiger partial charge < -0.3 is 5.32 Å². The maximum absolute atomic E-state index is 4.48. The van der Waals surface area contributed by atoms with Gasteiger partial charge in [-0.15, -0.1) is 0 Å². The third-order valence-electron chi connectivity index (χ3n) is 4.30. The third kappa shape index (κ3) is 4.20. The van der Waals surface area contributed by atoms with Crippen LogP contribution in [0.4, 0.5) is 5.69 Å². The van der Waals surface area contributed by atoms with Gasteiger partial charge >= 0.3 is 0 Å². The average molecular weight is 261 g/mol. The van der Waals surface area contributed by atoms with Crippen molar-refractivity contribution < 1.29 is 0 Å². The number of hydrogen-bond acceptors (Lipinski definition) is 3. The lowest BCUT2D eigenvalue weighted by atomic mass is 9.89. The van der Waals surface area contributed by atoms with Gasteiger partial charge in [-0.1, -0.05) is 13.8 Å². The monoisotopic (exact) mass is 261 g/mol. The largest absolute Gasteiger partial charge is 0.388 e. The molecule has 1 N–H and O–H groups in total. The molecule has 3 nitrogen and oxygen atoms in total. The summed E-state index contributed by atoms with van der Waals surface area (Å²) in [6.07, 6.45) is 5.95. The van der Waals surface area contributed by atoms with Gasteiger partial charge in [0.15, 0.2) is 0 Å². The van der Waals surface area contributed by atoms with Crippen molar-refractivity contribution >= 4 is 5.69 Å². The molecule has 106 valence electrons. The molecule has 1 unspecified atom stereocenters. The summed E-state index contributed by atoms with van der Waals surface area (Å²) in [5, 5.41) is 3.18. The Morgan fingerprint density at radius 1 is 1.37 bits per heavy atom. The molecule has 0 radical (unpaired) electrons. The molecular weight excluding hydrogens is 234 g/mol. The zero-order valence-corrected chi connectivity index (χ0v) is 12.5. The first kappa shape index (κ1) is 14.3. The molecule has 2 heterocycles. The van der Waals surface area contributed by atoms with Gasteiger partial charge in [0.25, 0.3) is 0 Å². The Kier molecular flexibility index (Phi) is 5.20. The quantitative estimate of drug-likeness (QED) is 0.900. The van der Waals surface area contributed by atoms with Crippen LogP contribution in [-0.2, 0) is 6.54 Å². The molecule has 1 aliphatic rings. The molecule has 1 atom stereocenters. The van der Waals surface area contributed by atoms with E-state index in [0.29, 0.717) is 0 Å². The molecule has 1 aromatic rings. The Hall–Kier alpha value is -1.09. The Balaban J connectivity index is 1.92. The first-order valence-electron chi connectivity index (χ1n) is 7.54. The fourth-order valence-electron chi connectivity index (χ4n) is 2.96. The number of anilines is 1. The minimum absolute atomic E-state index is 0.825. The lowest BCUT2D eigenvalue weighted by Crippen LogP contribution is -2.25. The lowest BCUT2D eigenvalue weighted by Gasteiger charge is -2.21. The Bertz CT molecular complexity index is 389. The number of aromatic nitrogens is 1. The van der Waals surface area contributed by atoms with E-state index in [2.05, 4.69) is 35.1 Å². The van der Waals surface area contributed by atoms with Crippen molar-refractivity contribution in [2.24, 2.45) is 11.8 Å². The highest BCUT2D eigenvalue weighted by atomic mass is 15.1.